The van der Waals surface area contributed by atoms with E-state index in [0.29, 0.717) is 6.04 Å². The molecule has 0 radical (unpaired) electrons. The van der Waals surface area contributed by atoms with Crippen molar-refractivity contribution in [3.63, 3.8) is 0 Å². The molecule has 2 heterocycles. The molecule has 0 aliphatic carbocycles. The molecule has 1 atom stereocenters. The Bertz CT molecular complexity index is 220. The average molecular weight is 168 g/mol. The highest BCUT2D eigenvalue weighted by atomic mass is 32.1. The second kappa shape index (κ2) is 2.81. The minimum absolute atomic E-state index is 0.696. The zero-order valence-electron chi connectivity index (χ0n) is 6.66. The van der Waals surface area contributed by atoms with Crippen molar-refractivity contribution < 1.29 is 0 Å². The van der Waals surface area contributed by atoms with Gasteiger partial charge in [0.05, 0.1) is 0 Å². The SMILES string of the molecule is C[C@@H]1CCCN1c1nccs1. The summed E-state index contributed by atoms with van der Waals surface area (Å²) in [5.41, 5.74) is 0. The lowest BCUT2D eigenvalue weighted by atomic mass is 10.2. The number of rotatable bonds is 1. The molecule has 0 unspecified atom stereocenters. The second-order valence-electron chi connectivity index (χ2n) is 3.00. The summed E-state index contributed by atoms with van der Waals surface area (Å²) in [6, 6.07) is 0.696. The standard InChI is InChI=1S/C8H12N2S/c1-7-3-2-5-10(7)8-9-4-6-11-8/h4,6-7H,2-3,5H2,1H3/t7-/m1/s1. The molecule has 0 N–H and O–H groups in total. The van der Waals surface area contributed by atoms with Gasteiger partial charge < -0.3 is 4.90 Å². The summed E-state index contributed by atoms with van der Waals surface area (Å²) >= 11 is 1.74. The number of anilines is 1. The fourth-order valence-electron chi connectivity index (χ4n) is 1.58. The molecule has 2 nitrogen and oxygen atoms in total. The smallest absolute Gasteiger partial charge is 0.185 e. The lowest BCUT2D eigenvalue weighted by Gasteiger charge is -2.19. The first-order chi connectivity index (χ1) is 5.38. The summed E-state index contributed by atoms with van der Waals surface area (Å²) in [5, 5.41) is 3.23. The first kappa shape index (κ1) is 7.10. The monoisotopic (exact) mass is 168 g/mol. The van der Waals surface area contributed by atoms with E-state index in [9.17, 15) is 0 Å². The molecule has 1 aliphatic heterocycles. The largest absolute Gasteiger partial charge is 0.345 e. The average Bonchev–Trinajstić information content (AvgIpc) is 2.55. The van der Waals surface area contributed by atoms with Gasteiger partial charge >= 0.3 is 0 Å². The van der Waals surface area contributed by atoms with E-state index >= 15 is 0 Å². The lowest BCUT2D eigenvalue weighted by molar-refractivity contribution is 0.733. The molecule has 0 spiro atoms. The summed E-state index contributed by atoms with van der Waals surface area (Å²) in [4.78, 5) is 6.69. The van der Waals surface area contributed by atoms with Crippen molar-refractivity contribution in [3.05, 3.63) is 11.6 Å². The third kappa shape index (κ3) is 1.25. The van der Waals surface area contributed by atoms with E-state index in [1.165, 1.54) is 24.5 Å². The van der Waals surface area contributed by atoms with Crippen molar-refractivity contribution >= 4 is 16.5 Å². The van der Waals surface area contributed by atoms with Crippen LogP contribution in [0.15, 0.2) is 11.6 Å². The first-order valence-electron chi connectivity index (χ1n) is 4.04. The highest BCUT2D eigenvalue weighted by molar-refractivity contribution is 7.13. The molecule has 1 aromatic rings. The normalized spacial score (nSPS) is 24.5. The zero-order valence-corrected chi connectivity index (χ0v) is 7.47. The van der Waals surface area contributed by atoms with E-state index in [1.807, 2.05) is 11.6 Å². The minimum atomic E-state index is 0.696. The van der Waals surface area contributed by atoms with E-state index < -0.39 is 0 Å². The molecule has 0 bridgehead atoms. The van der Waals surface area contributed by atoms with Gasteiger partial charge in [0.1, 0.15) is 0 Å². The van der Waals surface area contributed by atoms with Gasteiger partial charge in [-0.2, -0.15) is 0 Å². The number of thiazole rings is 1. The molecule has 1 aliphatic rings. The van der Waals surface area contributed by atoms with Crippen molar-refractivity contribution in [2.45, 2.75) is 25.8 Å². The molecule has 1 saturated heterocycles. The van der Waals surface area contributed by atoms with Gasteiger partial charge in [-0.1, -0.05) is 0 Å². The quantitative estimate of drug-likeness (QED) is 0.638. The Hall–Kier alpha value is -0.570. The third-order valence-electron chi connectivity index (χ3n) is 2.22. The Morgan fingerprint density at radius 1 is 1.73 bits per heavy atom. The van der Waals surface area contributed by atoms with Gasteiger partial charge in [-0.05, 0) is 19.8 Å². The highest BCUT2D eigenvalue weighted by Crippen LogP contribution is 2.26. The second-order valence-corrected chi connectivity index (χ2v) is 3.87. The predicted octanol–water partition coefficient (Wildman–Crippen LogP) is 2.13. The molecule has 2 rings (SSSR count). The molecular weight excluding hydrogens is 156 g/mol. The maximum absolute atomic E-state index is 4.29. The van der Waals surface area contributed by atoms with Crippen LogP contribution in [0.4, 0.5) is 5.13 Å². The third-order valence-corrected chi connectivity index (χ3v) is 3.03. The maximum Gasteiger partial charge on any atom is 0.185 e. The summed E-state index contributed by atoms with van der Waals surface area (Å²) in [7, 11) is 0. The summed E-state index contributed by atoms with van der Waals surface area (Å²) in [6.07, 6.45) is 4.52. The Balaban J connectivity index is 2.16. The first-order valence-corrected chi connectivity index (χ1v) is 4.92. The Kier molecular flexibility index (Phi) is 1.82. The van der Waals surface area contributed by atoms with Crippen molar-refractivity contribution in [2.24, 2.45) is 0 Å². The fraction of sp³-hybridized carbons (Fsp3) is 0.625. The number of hydrogen-bond donors (Lipinski definition) is 0. The van der Waals surface area contributed by atoms with Gasteiger partial charge in [0.2, 0.25) is 0 Å². The number of nitrogens with zero attached hydrogens (tertiary/aromatic N) is 2. The van der Waals surface area contributed by atoms with Crippen molar-refractivity contribution in [1.82, 2.24) is 4.98 Å². The van der Waals surface area contributed by atoms with Gasteiger partial charge in [-0.25, -0.2) is 4.98 Å². The van der Waals surface area contributed by atoms with Crippen LogP contribution in [0, 0.1) is 0 Å². The van der Waals surface area contributed by atoms with Crippen LogP contribution in [0.1, 0.15) is 19.8 Å². The molecular formula is C8H12N2S. The molecule has 11 heavy (non-hydrogen) atoms. The molecule has 3 heteroatoms. The van der Waals surface area contributed by atoms with E-state index in [4.69, 9.17) is 0 Å². The maximum atomic E-state index is 4.29. The van der Waals surface area contributed by atoms with Crippen LogP contribution in [-0.4, -0.2) is 17.6 Å². The summed E-state index contributed by atoms with van der Waals surface area (Å²) in [6.45, 7) is 3.46. The van der Waals surface area contributed by atoms with Crippen LogP contribution in [0.5, 0.6) is 0 Å². The van der Waals surface area contributed by atoms with Crippen LogP contribution in [0.3, 0.4) is 0 Å². The van der Waals surface area contributed by atoms with E-state index in [-0.39, 0.29) is 0 Å². The van der Waals surface area contributed by atoms with Gasteiger partial charge in [0.15, 0.2) is 5.13 Å². The van der Waals surface area contributed by atoms with Crippen LogP contribution in [0.2, 0.25) is 0 Å². The number of hydrogen-bond acceptors (Lipinski definition) is 3. The number of aromatic nitrogens is 1. The molecule has 1 fully saturated rings. The van der Waals surface area contributed by atoms with E-state index in [0.717, 1.165) is 0 Å². The molecule has 0 amide bonds. The van der Waals surface area contributed by atoms with Gasteiger partial charge in [0.25, 0.3) is 0 Å². The zero-order chi connectivity index (χ0) is 7.68. The van der Waals surface area contributed by atoms with Crippen LogP contribution < -0.4 is 4.90 Å². The molecule has 0 saturated carbocycles. The molecule has 0 aromatic carbocycles. The topological polar surface area (TPSA) is 16.1 Å². The Morgan fingerprint density at radius 2 is 2.64 bits per heavy atom. The predicted molar refractivity (Wildman–Crippen MR) is 48.2 cm³/mol. The summed E-state index contributed by atoms with van der Waals surface area (Å²) in [5.74, 6) is 0. The van der Waals surface area contributed by atoms with Gasteiger partial charge in [0, 0.05) is 24.2 Å². The van der Waals surface area contributed by atoms with Crippen molar-refractivity contribution in [3.8, 4) is 0 Å². The highest BCUT2D eigenvalue weighted by Gasteiger charge is 2.21. The minimum Gasteiger partial charge on any atom is -0.345 e. The fourth-order valence-corrected chi connectivity index (χ4v) is 2.35. The molecule has 60 valence electrons. The van der Waals surface area contributed by atoms with Crippen molar-refractivity contribution in [1.29, 1.82) is 0 Å². The lowest BCUT2D eigenvalue weighted by Crippen LogP contribution is -2.25. The Labute approximate surface area is 70.9 Å². The van der Waals surface area contributed by atoms with Crippen LogP contribution in [0.25, 0.3) is 0 Å². The Morgan fingerprint density at radius 3 is 3.18 bits per heavy atom. The van der Waals surface area contributed by atoms with Gasteiger partial charge in [-0.15, -0.1) is 11.3 Å². The van der Waals surface area contributed by atoms with Crippen LogP contribution in [-0.2, 0) is 0 Å². The summed E-state index contributed by atoms with van der Waals surface area (Å²) < 4.78 is 0. The van der Waals surface area contributed by atoms with Crippen molar-refractivity contribution in [2.75, 3.05) is 11.4 Å². The van der Waals surface area contributed by atoms with E-state index in [2.05, 4.69) is 16.8 Å². The van der Waals surface area contributed by atoms with Gasteiger partial charge in [-0.3, -0.25) is 0 Å². The molecule has 1 aromatic heterocycles. The van der Waals surface area contributed by atoms with E-state index in [1.54, 1.807) is 11.3 Å². The van der Waals surface area contributed by atoms with Crippen LogP contribution >= 0.6 is 11.3 Å².